The maximum atomic E-state index is 12.1. The SMILES string of the molecule is CC1(C)OC(=O)N[C@H]1c1ccccc1.O=C(NC1CCCCC1)c1coc(-c2ccccc2)n1. The van der Waals surface area contributed by atoms with Gasteiger partial charge in [0.15, 0.2) is 5.69 Å². The first kappa shape index (κ1) is 23.5. The third-order valence-corrected chi connectivity index (χ3v) is 6.14. The van der Waals surface area contributed by atoms with Crippen LogP contribution in [0.15, 0.2) is 71.3 Å². The summed E-state index contributed by atoms with van der Waals surface area (Å²) in [6, 6.07) is 19.7. The number of carbonyl (C=O) groups is 2. The molecule has 0 bridgehead atoms. The molecule has 2 amide bonds. The molecule has 1 aliphatic heterocycles. The van der Waals surface area contributed by atoms with Crippen molar-refractivity contribution in [2.45, 2.75) is 63.6 Å². The van der Waals surface area contributed by atoms with Crippen molar-refractivity contribution >= 4 is 12.0 Å². The van der Waals surface area contributed by atoms with Crippen molar-refractivity contribution in [2.24, 2.45) is 0 Å². The van der Waals surface area contributed by atoms with Crippen LogP contribution in [0.3, 0.4) is 0 Å². The molecule has 5 rings (SSSR count). The maximum Gasteiger partial charge on any atom is 0.408 e. The number of hydrogen-bond donors (Lipinski definition) is 2. The Morgan fingerprint density at radius 2 is 1.65 bits per heavy atom. The zero-order chi connectivity index (χ0) is 24.0. The van der Waals surface area contributed by atoms with Gasteiger partial charge in [0.25, 0.3) is 5.91 Å². The highest BCUT2D eigenvalue weighted by Crippen LogP contribution is 2.33. The van der Waals surface area contributed by atoms with Crippen molar-refractivity contribution in [1.29, 1.82) is 0 Å². The largest absolute Gasteiger partial charge is 0.444 e. The van der Waals surface area contributed by atoms with Crippen LogP contribution in [0.5, 0.6) is 0 Å². The second-order valence-corrected chi connectivity index (χ2v) is 9.19. The highest BCUT2D eigenvalue weighted by atomic mass is 16.6. The van der Waals surface area contributed by atoms with Gasteiger partial charge in [0.05, 0.1) is 6.04 Å². The lowest BCUT2D eigenvalue weighted by atomic mass is 9.93. The molecule has 1 saturated heterocycles. The van der Waals surface area contributed by atoms with Crippen LogP contribution < -0.4 is 10.6 Å². The zero-order valence-corrected chi connectivity index (χ0v) is 19.6. The van der Waals surface area contributed by atoms with Gasteiger partial charge in [0, 0.05) is 11.6 Å². The van der Waals surface area contributed by atoms with Crippen molar-refractivity contribution < 1.29 is 18.7 Å². The number of nitrogens with one attached hydrogen (secondary N) is 2. The Morgan fingerprint density at radius 3 is 2.26 bits per heavy atom. The molecule has 7 nitrogen and oxygen atoms in total. The van der Waals surface area contributed by atoms with Gasteiger partial charge in [-0.3, -0.25) is 4.79 Å². The van der Waals surface area contributed by atoms with Crippen LogP contribution >= 0.6 is 0 Å². The fourth-order valence-corrected chi connectivity index (χ4v) is 4.35. The van der Waals surface area contributed by atoms with Crippen molar-refractivity contribution in [1.82, 2.24) is 15.6 Å². The molecule has 1 aromatic heterocycles. The summed E-state index contributed by atoms with van der Waals surface area (Å²) in [5.41, 5.74) is 1.83. The van der Waals surface area contributed by atoms with Gasteiger partial charge in [-0.2, -0.15) is 0 Å². The highest BCUT2D eigenvalue weighted by molar-refractivity contribution is 5.92. The third kappa shape index (κ3) is 5.84. The van der Waals surface area contributed by atoms with Crippen molar-refractivity contribution in [3.05, 3.63) is 78.2 Å². The minimum absolute atomic E-state index is 0.0591. The van der Waals surface area contributed by atoms with Crippen molar-refractivity contribution in [3.8, 4) is 11.5 Å². The predicted molar refractivity (Wildman–Crippen MR) is 129 cm³/mol. The Labute approximate surface area is 199 Å². The smallest absolute Gasteiger partial charge is 0.408 e. The predicted octanol–water partition coefficient (Wildman–Crippen LogP) is 5.65. The van der Waals surface area contributed by atoms with Crippen LogP contribution in [-0.4, -0.2) is 28.6 Å². The molecular weight excluding hydrogens is 430 g/mol. The first-order valence-electron chi connectivity index (χ1n) is 11.8. The van der Waals surface area contributed by atoms with E-state index in [1.807, 2.05) is 74.5 Å². The molecule has 2 aromatic carbocycles. The molecule has 0 unspecified atom stereocenters. The summed E-state index contributed by atoms with van der Waals surface area (Å²) in [5.74, 6) is 0.349. The summed E-state index contributed by atoms with van der Waals surface area (Å²) in [6.45, 7) is 3.81. The van der Waals surface area contributed by atoms with Gasteiger partial charge in [-0.15, -0.1) is 0 Å². The Balaban J connectivity index is 0.000000172. The average molecular weight is 462 g/mol. The molecule has 0 radical (unpaired) electrons. The van der Waals surface area contributed by atoms with Gasteiger partial charge >= 0.3 is 6.09 Å². The zero-order valence-electron chi connectivity index (χ0n) is 19.6. The van der Waals surface area contributed by atoms with Gasteiger partial charge in [0.1, 0.15) is 11.9 Å². The molecule has 178 valence electrons. The molecule has 2 aliphatic rings. The number of aromatic nitrogens is 1. The van der Waals surface area contributed by atoms with E-state index in [1.165, 1.54) is 25.5 Å². The average Bonchev–Trinajstić information content (AvgIpc) is 3.45. The van der Waals surface area contributed by atoms with Crippen LogP contribution in [0.1, 0.15) is 68.0 Å². The van der Waals surface area contributed by atoms with E-state index in [2.05, 4.69) is 15.6 Å². The second-order valence-electron chi connectivity index (χ2n) is 9.19. The summed E-state index contributed by atoms with van der Waals surface area (Å²) in [5, 5.41) is 5.84. The summed E-state index contributed by atoms with van der Waals surface area (Å²) >= 11 is 0. The Morgan fingerprint density at radius 1 is 1.00 bits per heavy atom. The molecule has 34 heavy (non-hydrogen) atoms. The molecular formula is C27H31N3O4. The summed E-state index contributed by atoms with van der Waals surface area (Å²) in [7, 11) is 0. The lowest BCUT2D eigenvalue weighted by Gasteiger charge is -2.23. The minimum Gasteiger partial charge on any atom is -0.444 e. The first-order valence-corrected chi connectivity index (χ1v) is 11.8. The van der Waals surface area contributed by atoms with E-state index in [1.54, 1.807) is 0 Å². The number of ether oxygens (including phenoxy) is 1. The molecule has 0 spiro atoms. The number of cyclic esters (lactones) is 1. The van der Waals surface area contributed by atoms with Crippen molar-refractivity contribution in [2.75, 3.05) is 0 Å². The Kier molecular flexibility index (Phi) is 7.30. The topological polar surface area (TPSA) is 93.5 Å². The summed E-state index contributed by atoms with van der Waals surface area (Å²) < 4.78 is 10.6. The quantitative estimate of drug-likeness (QED) is 0.524. The molecule has 3 aromatic rings. The first-order chi connectivity index (χ1) is 16.4. The van der Waals surface area contributed by atoms with Crippen LogP contribution in [-0.2, 0) is 4.74 Å². The van der Waals surface area contributed by atoms with Gasteiger partial charge in [-0.05, 0) is 44.4 Å². The fraction of sp³-hybridized carbons (Fsp3) is 0.370. The normalized spacial score (nSPS) is 19.4. The molecule has 1 saturated carbocycles. The minimum atomic E-state index is -0.474. The molecule has 2 heterocycles. The molecule has 1 aliphatic carbocycles. The monoisotopic (exact) mass is 461 g/mol. The van der Waals surface area contributed by atoms with E-state index >= 15 is 0 Å². The van der Waals surface area contributed by atoms with E-state index in [0.717, 1.165) is 24.0 Å². The molecule has 1 atom stereocenters. The lowest BCUT2D eigenvalue weighted by Crippen LogP contribution is -2.36. The standard InChI is InChI=1S/C16H18N2O2.C11H13NO2/c19-15(17-13-9-5-2-6-10-13)14-11-20-16(18-14)12-7-3-1-4-8-12;1-11(2)9(12-10(13)14-11)8-6-4-3-5-7-8/h1,3-4,7-8,11,13H,2,5-6,9-10H2,(H,17,19);3-7,9H,1-2H3,(H,12,13)/t;9-/m.0/s1. The highest BCUT2D eigenvalue weighted by Gasteiger charge is 2.41. The second kappa shape index (κ2) is 10.5. The summed E-state index contributed by atoms with van der Waals surface area (Å²) in [6.07, 6.45) is 6.88. The number of rotatable bonds is 4. The maximum absolute atomic E-state index is 12.1. The Bertz CT molecular complexity index is 1090. The number of alkyl carbamates (subject to hydrolysis) is 1. The third-order valence-electron chi connectivity index (χ3n) is 6.14. The number of benzene rings is 2. The van der Waals surface area contributed by atoms with E-state index in [4.69, 9.17) is 9.15 Å². The lowest BCUT2D eigenvalue weighted by molar-refractivity contribution is 0.0684. The fourth-order valence-electron chi connectivity index (χ4n) is 4.35. The van der Waals surface area contributed by atoms with Gasteiger partial charge in [-0.1, -0.05) is 67.8 Å². The van der Waals surface area contributed by atoms with E-state index < -0.39 is 5.60 Å². The molecule has 7 heteroatoms. The van der Waals surface area contributed by atoms with Crippen LogP contribution in [0.4, 0.5) is 4.79 Å². The van der Waals surface area contributed by atoms with Crippen LogP contribution in [0, 0.1) is 0 Å². The number of carbonyl (C=O) groups excluding carboxylic acids is 2. The van der Waals surface area contributed by atoms with Gasteiger partial charge in [-0.25, -0.2) is 9.78 Å². The molecule has 2 N–H and O–H groups in total. The number of hydrogen-bond acceptors (Lipinski definition) is 5. The van der Waals surface area contributed by atoms with Crippen LogP contribution in [0.25, 0.3) is 11.5 Å². The number of amides is 2. The van der Waals surface area contributed by atoms with Crippen LogP contribution in [0.2, 0.25) is 0 Å². The number of oxazole rings is 1. The van der Waals surface area contributed by atoms with E-state index in [9.17, 15) is 9.59 Å². The van der Waals surface area contributed by atoms with E-state index in [0.29, 0.717) is 11.6 Å². The van der Waals surface area contributed by atoms with Crippen molar-refractivity contribution in [3.63, 3.8) is 0 Å². The Hall–Kier alpha value is -3.61. The summed E-state index contributed by atoms with van der Waals surface area (Å²) in [4.78, 5) is 27.5. The molecule has 2 fully saturated rings. The van der Waals surface area contributed by atoms with E-state index in [-0.39, 0.29) is 24.1 Å². The van der Waals surface area contributed by atoms with Gasteiger partial charge < -0.3 is 19.8 Å². The number of nitrogens with zero attached hydrogens (tertiary/aromatic N) is 1. The van der Waals surface area contributed by atoms with Gasteiger partial charge in [0.2, 0.25) is 5.89 Å².